The summed E-state index contributed by atoms with van der Waals surface area (Å²) in [4.78, 5) is 10.6. The molecule has 0 atom stereocenters. The van der Waals surface area contributed by atoms with Gasteiger partial charge in [0, 0.05) is 7.05 Å². The quantitative estimate of drug-likeness (QED) is 0.505. The van der Waals surface area contributed by atoms with Crippen LogP contribution in [0.15, 0.2) is 12.7 Å². The van der Waals surface area contributed by atoms with Gasteiger partial charge in [0.2, 0.25) is 5.91 Å². The van der Waals surface area contributed by atoms with E-state index in [-0.39, 0.29) is 5.91 Å². The Morgan fingerprint density at radius 2 is 2.00 bits per heavy atom. The second kappa shape index (κ2) is 7.22. The molecule has 0 aliphatic carbocycles. The van der Waals surface area contributed by atoms with Crippen molar-refractivity contribution in [3.63, 3.8) is 0 Å². The van der Waals surface area contributed by atoms with Gasteiger partial charge in [-0.2, -0.15) is 12.6 Å². The molecule has 0 saturated heterocycles. The number of amides is 1. The highest BCUT2D eigenvalue weighted by Gasteiger charge is 2.19. The summed E-state index contributed by atoms with van der Waals surface area (Å²) in [6.07, 6.45) is 2.96. The first kappa shape index (κ1) is 14.1. The molecule has 0 bridgehead atoms. The molecular weight excluding hydrogens is 170 g/mol. The molecule has 0 radical (unpaired) electrons. The van der Waals surface area contributed by atoms with Gasteiger partial charge in [-0.25, -0.2) is 0 Å². The van der Waals surface area contributed by atoms with Crippen molar-refractivity contribution in [2.45, 2.75) is 31.9 Å². The monoisotopic (exact) mass is 189 g/mol. The van der Waals surface area contributed by atoms with Gasteiger partial charge in [0.25, 0.3) is 0 Å². The first-order valence-corrected chi connectivity index (χ1v) is 4.40. The molecule has 0 heterocycles. The lowest BCUT2D eigenvalue weighted by molar-refractivity contribution is -0.122. The molecule has 0 aromatic rings. The van der Waals surface area contributed by atoms with E-state index in [1.54, 1.807) is 20.9 Å². The summed E-state index contributed by atoms with van der Waals surface area (Å²) < 4.78 is -0.547. The molecule has 0 saturated carbocycles. The fourth-order valence-corrected chi connectivity index (χ4v) is 0.418. The number of allylic oxidation sites excluding steroid dienone is 1. The van der Waals surface area contributed by atoms with E-state index in [1.165, 1.54) is 0 Å². The van der Waals surface area contributed by atoms with Gasteiger partial charge in [0.15, 0.2) is 0 Å². The van der Waals surface area contributed by atoms with Crippen LogP contribution in [0.1, 0.15) is 27.2 Å². The van der Waals surface area contributed by atoms with Crippen LogP contribution in [-0.4, -0.2) is 17.7 Å². The highest BCUT2D eigenvalue weighted by Crippen LogP contribution is 2.10. The van der Waals surface area contributed by atoms with Crippen molar-refractivity contribution >= 4 is 18.5 Å². The predicted octanol–water partition coefficient (Wildman–Crippen LogP) is 2.02. The zero-order valence-electron chi connectivity index (χ0n) is 8.35. The van der Waals surface area contributed by atoms with Gasteiger partial charge >= 0.3 is 0 Å². The zero-order chi connectivity index (χ0) is 10.2. The second-order valence-electron chi connectivity index (χ2n) is 2.84. The average Bonchev–Trinajstić information content (AvgIpc) is 2.02. The summed E-state index contributed by atoms with van der Waals surface area (Å²) in [6, 6.07) is 0. The molecule has 72 valence electrons. The first-order valence-electron chi connectivity index (χ1n) is 3.95. The summed E-state index contributed by atoms with van der Waals surface area (Å²) in [7, 11) is 1.60. The molecule has 1 amide bonds. The molecule has 12 heavy (non-hydrogen) atoms. The van der Waals surface area contributed by atoms with Crippen LogP contribution in [0.2, 0.25) is 0 Å². The molecule has 0 rings (SSSR count). The lowest BCUT2D eigenvalue weighted by atomic mass is 10.2. The molecule has 0 aliphatic heterocycles. The fourth-order valence-electron chi connectivity index (χ4n) is 0.306. The van der Waals surface area contributed by atoms with Gasteiger partial charge in [-0.15, -0.1) is 6.58 Å². The summed E-state index contributed by atoms with van der Waals surface area (Å²) in [6.45, 7) is 9.03. The van der Waals surface area contributed by atoms with E-state index >= 15 is 0 Å². The van der Waals surface area contributed by atoms with Crippen molar-refractivity contribution in [3.8, 4) is 0 Å². The fraction of sp³-hybridized carbons (Fsp3) is 0.667. The van der Waals surface area contributed by atoms with E-state index in [0.29, 0.717) is 0 Å². The first-order chi connectivity index (χ1) is 5.40. The van der Waals surface area contributed by atoms with Crippen molar-refractivity contribution in [2.75, 3.05) is 7.05 Å². The molecule has 0 unspecified atom stereocenters. The second-order valence-corrected chi connectivity index (χ2v) is 3.95. The maximum absolute atomic E-state index is 10.6. The zero-order valence-corrected chi connectivity index (χ0v) is 9.24. The standard InChI is InChI=1S/C5H11NOS.C4H8/c1-5(2,8)4(7)6-3;1-3-4-2/h8H,1-3H3,(H,6,7);3H,1,4H2,2H3. The van der Waals surface area contributed by atoms with Crippen molar-refractivity contribution in [1.82, 2.24) is 5.32 Å². The van der Waals surface area contributed by atoms with Gasteiger partial charge in [-0.3, -0.25) is 4.79 Å². The maximum atomic E-state index is 10.6. The van der Waals surface area contributed by atoms with Crippen LogP contribution in [0.3, 0.4) is 0 Å². The lowest BCUT2D eigenvalue weighted by Crippen LogP contribution is -2.35. The smallest absolute Gasteiger partial charge is 0.235 e. The average molecular weight is 189 g/mol. The number of carbonyl (C=O) groups is 1. The molecular formula is C9H19NOS. The number of carbonyl (C=O) groups excluding carboxylic acids is 1. The number of nitrogens with one attached hydrogen (secondary N) is 1. The van der Waals surface area contributed by atoms with Crippen LogP contribution in [0.25, 0.3) is 0 Å². The third kappa shape index (κ3) is 9.56. The Morgan fingerprint density at radius 3 is 2.00 bits per heavy atom. The molecule has 3 heteroatoms. The Labute approximate surface area is 80.8 Å². The highest BCUT2D eigenvalue weighted by atomic mass is 32.1. The predicted molar refractivity (Wildman–Crippen MR) is 57.6 cm³/mol. The Balaban J connectivity index is 0. The van der Waals surface area contributed by atoms with E-state index in [9.17, 15) is 4.79 Å². The minimum absolute atomic E-state index is 0.0548. The van der Waals surface area contributed by atoms with Crippen molar-refractivity contribution < 1.29 is 4.79 Å². The van der Waals surface area contributed by atoms with E-state index in [2.05, 4.69) is 31.4 Å². The van der Waals surface area contributed by atoms with Gasteiger partial charge in [-0.1, -0.05) is 13.0 Å². The molecule has 2 nitrogen and oxygen atoms in total. The SMILES string of the molecule is C=CCC.CNC(=O)C(C)(C)S. The minimum Gasteiger partial charge on any atom is -0.358 e. The van der Waals surface area contributed by atoms with E-state index < -0.39 is 4.75 Å². The third-order valence-corrected chi connectivity index (χ3v) is 1.27. The molecule has 0 aliphatic rings. The highest BCUT2D eigenvalue weighted by molar-refractivity contribution is 7.82. The largest absolute Gasteiger partial charge is 0.358 e. The van der Waals surface area contributed by atoms with Crippen LogP contribution in [-0.2, 0) is 4.79 Å². The van der Waals surface area contributed by atoms with Gasteiger partial charge in [0.05, 0.1) is 4.75 Å². The number of thiol groups is 1. The summed E-state index contributed by atoms with van der Waals surface area (Å²) >= 11 is 4.02. The van der Waals surface area contributed by atoms with Crippen LogP contribution in [0.5, 0.6) is 0 Å². The Bertz CT molecular complexity index is 138. The van der Waals surface area contributed by atoms with Crippen LogP contribution < -0.4 is 5.32 Å². The van der Waals surface area contributed by atoms with Crippen LogP contribution in [0, 0.1) is 0 Å². The van der Waals surface area contributed by atoms with Crippen LogP contribution >= 0.6 is 12.6 Å². The minimum atomic E-state index is -0.547. The van der Waals surface area contributed by atoms with Crippen molar-refractivity contribution in [2.24, 2.45) is 0 Å². The van der Waals surface area contributed by atoms with Gasteiger partial charge < -0.3 is 5.32 Å². The normalized spacial score (nSPS) is 9.42. The Hall–Kier alpha value is -0.440. The topological polar surface area (TPSA) is 29.1 Å². The van der Waals surface area contributed by atoms with Gasteiger partial charge in [-0.05, 0) is 20.3 Å². The van der Waals surface area contributed by atoms with E-state index in [0.717, 1.165) is 6.42 Å². The molecule has 0 fully saturated rings. The maximum Gasteiger partial charge on any atom is 0.235 e. The Kier molecular flexibility index (Phi) is 8.49. The molecule has 0 aromatic heterocycles. The lowest BCUT2D eigenvalue weighted by Gasteiger charge is -2.13. The third-order valence-electron chi connectivity index (χ3n) is 1.07. The van der Waals surface area contributed by atoms with Gasteiger partial charge in [0.1, 0.15) is 0 Å². The summed E-state index contributed by atoms with van der Waals surface area (Å²) in [5.74, 6) is -0.0548. The van der Waals surface area contributed by atoms with E-state index in [4.69, 9.17) is 0 Å². The molecule has 0 aromatic carbocycles. The number of hydrogen-bond acceptors (Lipinski definition) is 2. The molecule has 0 spiro atoms. The van der Waals surface area contributed by atoms with E-state index in [1.807, 2.05) is 6.08 Å². The number of hydrogen-bond donors (Lipinski definition) is 2. The summed E-state index contributed by atoms with van der Waals surface area (Å²) in [5.41, 5.74) is 0. The Morgan fingerprint density at radius 1 is 1.67 bits per heavy atom. The van der Waals surface area contributed by atoms with Crippen molar-refractivity contribution in [3.05, 3.63) is 12.7 Å². The van der Waals surface area contributed by atoms with Crippen molar-refractivity contribution in [1.29, 1.82) is 0 Å². The molecule has 1 N–H and O–H groups in total. The number of rotatable bonds is 2. The van der Waals surface area contributed by atoms with Crippen LogP contribution in [0.4, 0.5) is 0 Å². The summed E-state index contributed by atoms with van der Waals surface area (Å²) in [5, 5.41) is 2.49.